The molecule has 0 radical (unpaired) electrons. The van der Waals surface area contributed by atoms with Crippen molar-refractivity contribution in [3.05, 3.63) is 59.9 Å². The molecule has 3 rings (SSSR count). The van der Waals surface area contributed by atoms with Gasteiger partial charge in [0, 0.05) is 18.6 Å². The Hall–Kier alpha value is -1.85. The Morgan fingerprint density at radius 3 is 2.10 bits per heavy atom. The van der Waals surface area contributed by atoms with Crippen molar-refractivity contribution < 1.29 is 21.2 Å². The lowest BCUT2D eigenvalue weighted by molar-refractivity contribution is 0.299. The molecule has 10 heteroatoms. The van der Waals surface area contributed by atoms with E-state index in [1.54, 1.807) is 31.1 Å². The van der Waals surface area contributed by atoms with E-state index in [0.29, 0.717) is 5.56 Å². The van der Waals surface area contributed by atoms with Crippen LogP contribution in [0.3, 0.4) is 0 Å². The summed E-state index contributed by atoms with van der Waals surface area (Å²) in [6.45, 7) is 0.0298. The maximum absolute atomic E-state index is 13.5. The van der Waals surface area contributed by atoms with Crippen LogP contribution in [0, 0.1) is 5.82 Å². The molecular formula is C19H24FN3O4S2. The molecule has 1 saturated carbocycles. The molecule has 1 aliphatic carbocycles. The first-order chi connectivity index (χ1) is 13.6. The van der Waals surface area contributed by atoms with E-state index in [2.05, 4.69) is 9.44 Å². The number of nitrogens with zero attached hydrogens (tertiary/aromatic N) is 1. The summed E-state index contributed by atoms with van der Waals surface area (Å²) in [4.78, 5) is 1.77. The maximum atomic E-state index is 13.5. The summed E-state index contributed by atoms with van der Waals surface area (Å²) in [5.74, 6) is -0.395. The Balaban J connectivity index is 1.73. The van der Waals surface area contributed by atoms with E-state index < -0.39 is 25.9 Å². The third-order valence-corrected chi connectivity index (χ3v) is 7.64. The highest BCUT2D eigenvalue weighted by atomic mass is 32.2. The van der Waals surface area contributed by atoms with Crippen molar-refractivity contribution in [3.63, 3.8) is 0 Å². The maximum Gasteiger partial charge on any atom is 0.240 e. The topological polar surface area (TPSA) is 95.6 Å². The van der Waals surface area contributed by atoms with Crippen LogP contribution in [0.2, 0.25) is 0 Å². The van der Waals surface area contributed by atoms with E-state index in [1.165, 1.54) is 36.4 Å². The van der Waals surface area contributed by atoms with Gasteiger partial charge < -0.3 is 4.90 Å². The molecule has 0 aliphatic heterocycles. The van der Waals surface area contributed by atoms with E-state index >= 15 is 0 Å². The predicted molar refractivity (Wildman–Crippen MR) is 108 cm³/mol. The SMILES string of the molecule is CN(C)C(CNS(=O)(=O)c1ccc(S(=O)(=O)NC2CC2)cc1)c1cccc(F)c1. The summed E-state index contributed by atoms with van der Waals surface area (Å²) in [7, 11) is -3.96. The first kappa shape index (κ1) is 21.8. The second-order valence-electron chi connectivity index (χ2n) is 7.25. The molecule has 1 atom stereocenters. The van der Waals surface area contributed by atoms with Gasteiger partial charge in [-0.1, -0.05) is 12.1 Å². The van der Waals surface area contributed by atoms with Crippen LogP contribution < -0.4 is 9.44 Å². The number of nitrogens with one attached hydrogen (secondary N) is 2. The number of hydrogen-bond donors (Lipinski definition) is 2. The van der Waals surface area contributed by atoms with Crippen molar-refractivity contribution in [3.8, 4) is 0 Å². The van der Waals surface area contributed by atoms with Crippen molar-refractivity contribution in [2.45, 2.75) is 34.7 Å². The highest BCUT2D eigenvalue weighted by Gasteiger charge is 2.28. The average molecular weight is 442 g/mol. The van der Waals surface area contributed by atoms with Gasteiger partial charge in [0.1, 0.15) is 5.82 Å². The van der Waals surface area contributed by atoms with Crippen LogP contribution in [0.15, 0.2) is 58.3 Å². The minimum Gasteiger partial charge on any atom is -0.301 e. The fourth-order valence-corrected chi connectivity index (χ4v) is 5.21. The zero-order valence-electron chi connectivity index (χ0n) is 16.2. The third-order valence-electron chi connectivity index (χ3n) is 4.67. The second kappa shape index (κ2) is 8.49. The van der Waals surface area contributed by atoms with Crippen molar-refractivity contribution in [1.82, 2.24) is 14.3 Å². The Morgan fingerprint density at radius 2 is 1.59 bits per heavy atom. The van der Waals surface area contributed by atoms with Crippen LogP contribution in [0.4, 0.5) is 4.39 Å². The number of likely N-dealkylation sites (N-methyl/N-ethyl adjacent to an activating group) is 1. The average Bonchev–Trinajstić information content (AvgIpc) is 3.45. The van der Waals surface area contributed by atoms with Crippen LogP contribution in [0.5, 0.6) is 0 Å². The van der Waals surface area contributed by atoms with Gasteiger partial charge in [-0.3, -0.25) is 0 Å². The summed E-state index contributed by atoms with van der Waals surface area (Å²) in [5.41, 5.74) is 0.644. The number of hydrogen-bond acceptors (Lipinski definition) is 5. The highest BCUT2D eigenvalue weighted by molar-refractivity contribution is 7.90. The molecular weight excluding hydrogens is 417 g/mol. The van der Waals surface area contributed by atoms with Gasteiger partial charge in [0.05, 0.1) is 9.79 Å². The summed E-state index contributed by atoms with van der Waals surface area (Å²) in [6.07, 6.45) is 1.63. The number of sulfonamides is 2. The minimum atomic E-state index is -3.87. The predicted octanol–water partition coefficient (Wildman–Crippen LogP) is 1.85. The number of halogens is 1. The monoisotopic (exact) mass is 441 g/mol. The summed E-state index contributed by atoms with van der Waals surface area (Å²) in [5, 5.41) is 0. The summed E-state index contributed by atoms with van der Waals surface area (Å²) >= 11 is 0. The molecule has 0 heterocycles. The number of benzene rings is 2. The fraction of sp³-hybridized carbons (Fsp3) is 0.368. The van der Waals surface area contributed by atoms with E-state index in [1.807, 2.05) is 0 Å². The van der Waals surface area contributed by atoms with Crippen LogP contribution >= 0.6 is 0 Å². The van der Waals surface area contributed by atoms with E-state index in [0.717, 1.165) is 12.8 Å². The summed E-state index contributed by atoms with van der Waals surface area (Å²) in [6, 6.07) is 10.7. The zero-order valence-corrected chi connectivity index (χ0v) is 17.8. The molecule has 0 bridgehead atoms. The van der Waals surface area contributed by atoms with Crippen LogP contribution in [-0.4, -0.2) is 48.4 Å². The van der Waals surface area contributed by atoms with Crippen molar-refractivity contribution in [1.29, 1.82) is 0 Å². The van der Waals surface area contributed by atoms with Gasteiger partial charge in [-0.15, -0.1) is 0 Å². The lowest BCUT2D eigenvalue weighted by Crippen LogP contribution is -2.34. The lowest BCUT2D eigenvalue weighted by atomic mass is 10.1. The van der Waals surface area contributed by atoms with E-state index in [4.69, 9.17) is 0 Å². The second-order valence-corrected chi connectivity index (χ2v) is 10.7. The minimum absolute atomic E-state index is 0.0225. The molecule has 1 fully saturated rings. The Kier molecular flexibility index (Phi) is 6.39. The zero-order chi connectivity index (χ0) is 21.2. The first-order valence-corrected chi connectivity index (χ1v) is 12.1. The lowest BCUT2D eigenvalue weighted by Gasteiger charge is -2.25. The highest BCUT2D eigenvalue weighted by Crippen LogP contribution is 2.23. The molecule has 0 spiro atoms. The molecule has 1 aliphatic rings. The molecule has 7 nitrogen and oxygen atoms in total. The Bertz CT molecular complexity index is 1070. The van der Waals surface area contributed by atoms with Crippen molar-refractivity contribution in [2.75, 3.05) is 20.6 Å². The Morgan fingerprint density at radius 1 is 1.00 bits per heavy atom. The standard InChI is InChI=1S/C19H24FN3O4S2/c1-23(2)19(14-4-3-5-15(20)12-14)13-21-28(24,25)17-8-10-18(11-9-17)29(26,27)22-16-6-7-16/h3-5,8-12,16,19,21-22H,6-7,13H2,1-2H3. The van der Waals surface area contributed by atoms with Gasteiger partial charge in [-0.2, -0.15) is 0 Å². The van der Waals surface area contributed by atoms with Gasteiger partial charge in [0.25, 0.3) is 0 Å². The van der Waals surface area contributed by atoms with E-state index in [9.17, 15) is 21.2 Å². The van der Waals surface area contributed by atoms with Crippen LogP contribution in [0.1, 0.15) is 24.4 Å². The first-order valence-electron chi connectivity index (χ1n) is 9.12. The molecule has 0 saturated heterocycles. The molecule has 158 valence electrons. The van der Waals surface area contributed by atoms with Crippen molar-refractivity contribution >= 4 is 20.0 Å². The van der Waals surface area contributed by atoms with Gasteiger partial charge in [-0.25, -0.2) is 30.7 Å². The van der Waals surface area contributed by atoms with Crippen LogP contribution in [0.25, 0.3) is 0 Å². The molecule has 0 amide bonds. The molecule has 29 heavy (non-hydrogen) atoms. The van der Waals surface area contributed by atoms with Gasteiger partial charge in [0.15, 0.2) is 0 Å². The Labute approximate surface area is 171 Å². The van der Waals surface area contributed by atoms with Gasteiger partial charge in [0.2, 0.25) is 20.0 Å². The molecule has 1 unspecified atom stereocenters. The van der Waals surface area contributed by atoms with Gasteiger partial charge >= 0.3 is 0 Å². The molecule has 0 aromatic heterocycles. The largest absolute Gasteiger partial charge is 0.301 e. The quantitative estimate of drug-likeness (QED) is 0.619. The summed E-state index contributed by atoms with van der Waals surface area (Å²) < 4.78 is 68.3. The smallest absolute Gasteiger partial charge is 0.240 e. The van der Waals surface area contributed by atoms with Crippen molar-refractivity contribution in [2.24, 2.45) is 0 Å². The van der Waals surface area contributed by atoms with Crippen LogP contribution in [-0.2, 0) is 20.0 Å². The van der Waals surface area contributed by atoms with Gasteiger partial charge in [-0.05, 0) is 68.9 Å². The molecule has 2 N–H and O–H groups in total. The molecule has 2 aromatic carbocycles. The normalized spacial score (nSPS) is 16.1. The molecule has 2 aromatic rings. The van der Waals surface area contributed by atoms with E-state index in [-0.39, 0.29) is 28.4 Å². The fourth-order valence-electron chi connectivity index (χ4n) is 2.87. The third kappa shape index (κ3) is 5.61. The number of rotatable bonds is 9.